The standard InChI is InChI=1S/C61H63N7O5/c1-6-10-14-40(8-3)38-66-58(69)50-18-12-16-48-54(34-32-52(56(48)50)60(66)71)64-62-36-42-20-24-44(25-21-42)68(46-28-30-47(73-5)31-29-46)45-26-22-43(23-27-45)37-63-65-55-35-33-53-57-49(55)17-13-19-51(57)59(70)67(61(53)72)39-41(9-4)15-11-7-2/h12-13,16-37,40-41,64-65H,6-11,14-15,38-39H2,1-5H3/b62-36+,63-37+. The number of hydrogen-bond acceptors (Lipinski definition) is 10. The van der Waals surface area contributed by atoms with E-state index in [-0.39, 0.29) is 35.5 Å². The maximum absolute atomic E-state index is 13.8. The smallest absolute Gasteiger partial charge is 0.261 e. The van der Waals surface area contributed by atoms with Crippen molar-refractivity contribution in [3.05, 3.63) is 167 Å². The minimum absolute atomic E-state index is 0.244. The van der Waals surface area contributed by atoms with E-state index < -0.39 is 0 Å². The molecule has 9 rings (SSSR count). The van der Waals surface area contributed by atoms with Crippen molar-refractivity contribution in [2.24, 2.45) is 22.0 Å². The molecule has 0 aromatic heterocycles. The van der Waals surface area contributed by atoms with Crippen molar-refractivity contribution >= 4 is 86.0 Å². The molecule has 4 amide bonds. The fraction of sp³-hybridized carbons (Fsp3) is 0.279. The second-order valence-electron chi connectivity index (χ2n) is 19.0. The molecule has 0 radical (unpaired) electrons. The van der Waals surface area contributed by atoms with Crippen LogP contribution in [0, 0.1) is 11.8 Å². The summed E-state index contributed by atoms with van der Waals surface area (Å²) in [6.07, 6.45) is 11.6. The average Bonchev–Trinajstić information content (AvgIpc) is 3.42. The molecule has 0 saturated carbocycles. The summed E-state index contributed by atoms with van der Waals surface area (Å²) in [5, 5.41) is 12.0. The third-order valence-electron chi connectivity index (χ3n) is 14.4. The van der Waals surface area contributed by atoms with Crippen LogP contribution in [-0.2, 0) is 0 Å². The molecule has 2 atom stereocenters. The van der Waals surface area contributed by atoms with Crippen molar-refractivity contribution in [3.63, 3.8) is 0 Å². The summed E-state index contributed by atoms with van der Waals surface area (Å²) in [5.74, 6) is 0.318. The van der Waals surface area contributed by atoms with Gasteiger partial charge < -0.3 is 9.64 Å². The van der Waals surface area contributed by atoms with Crippen molar-refractivity contribution in [3.8, 4) is 5.75 Å². The molecular weight excluding hydrogens is 911 g/mol. The Morgan fingerprint density at radius 3 is 1.26 bits per heavy atom. The minimum atomic E-state index is -0.244. The average molecular weight is 974 g/mol. The van der Waals surface area contributed by atoms with Gasteiger partial charge in [0, 0.05) is 74.0 Å². The number of hydrogen-bond donors (Lipinski definition) is 2. The molecule has 2 unspecified atom stereocenters. The normalized spacial score (nSPS) is 14.2. The van der Waals surface area contributed by atoms with E-state index in [1.54, 1.807) is 31.7 Å². The molecule has 7 aromatic rings. The van der Waals surface area contributed by atoms with Crippen LogP contribution in [0.25, 0.3) is 21.5 Å². The molecule has 2 N–H and O–H groups in total. The van der Waals surface area contributed by atoms with Gasteiger partial charge in [0.15, 0.2) is 0 Å². The van der Waals surface area contributed by atoms with E-state index in [0.717, 1.165) is 96.1 Å². The summed E-state index contributed by atoms with van der Waals surface area (Å²) in [7, 11) is 1.65. The number of benzene rings is 7. The highest BCUT2D eigenvalue weighted by molar-refractivity contribution is 6.28. The first-order valence-corrected chi connectivity index (χ1v) is 25.7. The maximum atomic E-state index is 13.8. The number of nitrogens with one attached hydrogen (secondary N) is 2. The van der Waals surface area contributed by atoms with Gasteiger partial charge in [-0.15, -0.1) is 0 Å². The van der Waals surface area contributed by atoms with E-state index in [9.17, 15) is 19.2 Å². The van der Waals surface area contributed by atoms with Gasteiger partial charge in [0.2, 0.25) is 0 Å². The molecule has 2 aliphatic heterocycles. The number of anilines is 5. The van der Waals surface area contributed by atoms with E-state index in [1.165, 1.54) is 9.80 Å². The fourth-order valence-corrected chi connectivity index (χ4v) is 10.1. The van der Waals surface area contributed by atoms with E-state index >= 15 is 0 Å². The molecule has 73 heavy (non-hydrogen) atoms. The summed E-state index contributed by atoms with van der Waals surface area (Å²) in [5.41, 5.74) is 14.4. The molecule has 7 aromatic carbocycles. The molecule has 0 saturated heterocycles. The summed E-state index contributed by atoms with van der Waals surface area (Å²) in [6, 6.07) is 42.5. The van der Waals surface area contributed by atoms with Gasteiger partial charge in [0.1, 0.15) is 5.75 Å². The van der Waals surface area contributed by atoms with Crippen molar-refractivity contribution < 1.29 is 23.9 Å². The van der Waals surface area contributed by atoms with Gasteiger partial charge in [-0.2, -0.15) is 10.2 Å². The zero-order valence-corrected chi connectivity index (χ0v) is 42.4. The molecule has 2 aliphatic rings. The van der Waals surface area contributed by atoms with Crippen LogP contribution in [-0.4, -0.2) is 66.1 Å². The van der Waals surface area contributed by atoms with Crippen LogP contribution >= 0.6 is 0 Å². The monoisotopic (exact) mass is 973 g/mol. The van der Waals surface area contributed by atoms with Crippen LogP contribution < -0.4 is 20.5 Å². The van der Waals surface area contributed by atoms with Gasteiger partial charge in [-0.05, 0) is 121 Å². The van der Waals surface area contributed by atoms with E-state index in [2.05, 4.69) is 53.6 Å². The van der Waals surface area contributed by atoms with Crippen LogP contribution in [0.5, 0.6) is 5.75 Å². The Balaban J connectivity index is 0.896. The largest absolute Gasteiger partial charge is 0.497 e. The summed E-state index contributed by atoms with van der Waals surface area (Å²) < 4.78 is 5.48. The lowest BCUT2D eigenvalue weighted by atomic mass is 9.91. The Kier molecular flexibility index (Phi) is 15.4. The first-order chi connectivity index (χ1) is 35.7. The predicted molar refractivity (Wildman–Crippen MR) is 295 cm³/mol. The van der Waals surface area contributed by atoms with Gasteiger partial charge in [0.05, 0.1) is 30.9 Å². The van der Waals surface area contributed by atoms with Crippen LogP contribution in [0.1, 0.15) is 132 Å². The fourth-order valence-electron chi connectivity index (χ4n) is 10.1. The predicted octanol–water partition coefficient (Wildman–Crippen LogP) is 14.0. The number of rotatable bonds is 22. The number of nitrogens with zero attached hydrogens (tertiary/aromatic N) is 5. The topological polar surface area (TPSA) is 136 Å². The van der Waals surface area contributed by atoms with Crippen molar-refractivity contribution in [2.75, 3.05) is 36.0 Å². The first-order valence-electron chi connectivity index (χ1n) is 25.7. The lowest BCUT2D eigenvalue weighted by Crippen LogP contribution is -2.43. The lowest BCUT2D eigenvalue weighted by molar-refractivity contribution is 0.0565. The van der Waals surface area contributed by atoms with Gasteiger partial charge >= 0.3 is 0 Å². The second kappa shape index (κ2) is 22.5. The van der Waals surface area contributed by atoms with Gasteiger partial charge in [-0.25, -0.2) is 0 Å². The van der Waals surface area contributed by atoms with Gasteiger partial charge in [-0.1, -0.05) is 115 Å². The SMILES string of the molecule is CCCCC(CC)CN1C(=O)c2cccc3c(N/N=C/c4ccc(N(c5ccc(/C=N/Nc6ccc7c8c(cccc68)C(=O)N(CC(CC)CCCC)C7=O)cc5)c5ccc(OC)cc5)cc4)ccc(c23)C1=O. The van der Waals surface area contributed by atoms with E-state index in [1.807, 2.05) is 121 Å². The highest BCUT2D eigenvalue weighted by atomic mass is 16.5. The highest BCUT2D eigenvalue weighted by Gasteiger charge is 2.36. The Morgan fingerprint density at radius 2 is 0.890 bits per heavy atom. The third-order valence-corrected chi connectivity index (χ3v) is 14.4. The molecule has 0 bridgehead atoms. The minimum Gasteiger partial charge on any atom is -0.497 e. The Hall–Kier alpha value is -8.12. The number of ether oxygens (including phenoxy) is 1. The van der Waals surface area contributed by atoms with E-state index in [4.69, 9.17) is 4.74 Å². The molecule has 0 fully saturated rings. The maximum Gasteiger partial charge on any atom is 0.261 e. The Morgan fingerprint density at radius 1 is 0.507 bits per heavy atom. The van der Waals surface area contributed by atoms with Gasteiger partial charge in [-0.3, -0.25) is 39.8 Å². The number of carbonyl (C=O) groups excluding carboxylic acids is 4. The molecule has 12 heteroatoms. The quantitative estimate of drug-likeness (QED) is 0.0389. The highest BCUT2D eigenvalue weighted by Crippen LogP contribution is 2.39. The molecular formula is C61H63N7O5. The molecule has 2 heterocycles. The zero-order valence-electron chi connectivity index (χ0n) is 42.4. The first kappa shape index (κ1) is 49.8. The third kappa shape index (κ3) is 10.3. The van der Waals surface area contributed by atoms with Crippen molar-refractivity contribution in [1.29, 1.82) is 0 Å². The number of unbranched alkanes of at least 4 members (excludes halogenated alkanes) is 2. The van der Waals surface area contributed by atoms with Crippen molar-refractivity contribution in [2.45, 2.75) is 79.1 Å². The Bertz CT molecular complexity index is 2980. The summed E-state index contributed by atoms with van der Waals surface area (Å²) >= 11 is 0. The lowest BCUT2D eigenvalue weighted by Gasteiger charge is -2.30. The van der Waals surface area contributed by atoms with Crippen LogP contribution in [0.2, 0.25) is 0 Å². The summed E-state index contributed by atoms with van der Waals surface area (Å²) in [6.45, 7) is 9.41. The molecule has 0 spiro atoms. The number of imide groups is 2. The molecule has 372 valence electrons. The van der Waals surface area contributed by atoms with E-state index in [0.29, 0.717) is 57.5 Å². The summed E-state index contributed by atoms with van der Waals surface area (Å²) in [4.78, 5) is 60.1. The van der Waals surface area contributed by atoms with Crippen LogP contribution in [0.3, 0.4) is 0 Å². The number of methoxy groups -OCH3 is 1. The van der Waals surface area contributed by atoms with Gasteiger partial charge in [0.25, 0.3) is 23.6 Å². The van der Waals surface area contributed by atoms with Crippen LogP contribution in [0.15, 0.2) is 144 Å². The van der Waals surface area contributed by atoms with Crippen molar-refractivity contribution in [1.82, 2.24) is 9.80 Å². The zero-order chi connectivity index (χ0) is 51.0. The second-order valence-corrected chi connectivity index (χ2v) is 19.0. The molecule has 12 nitrogen and oxygen atoms in total. The number of amides is 4. The number of hydrazone groups is 2. The molecule has 0 aliphatic carbocycles. The Labute approximate surface area is 427 Å². The number of carbonyl (C=O) groups is 4. The van der Waals surface area contributed by atoms with Crippen LogP contribution in [0.4, 0.5) is 28.4 Å².